The molecule has 0 heterocycles. The number of alkyl halides is 7. The molecule has 0 spiro atoms. The minimum Gasteiger partial charge on any atom is -0.494 e. The third kappa shape index (κ3) is 7.29. The number of halogens is 10. The molecule has 0 amide bonds. The van der Waals surface area contributed by atoms with Gasteiger partial charge in [0.05, 0.1) is 18.1 Å². The van der Waals surface area contributed by atoms with Crippen molar-refractivity contribution in [3.63, 3.8) is 0 Å². The lowest BCUT2D eigenvalue weighted by Gasteiger charge is -2.33. The van der Waals surface area contributed by atoms with E-state index in [2.05, 4.69) is 9.47 Å². The van der Waals surface area contributed by atoms with Gasteiger partial charge in [0.2, 0.25) is 0 Å². The van der Waals surface area contributed by atoms with Crippen molar-refractivity contribution in [2.45, 2.75) is 57.1 Å². The lowest BCUT2D eigenvalue weighted by Crippen LogP contribution is -2.38. The first-order valence-electron chi connectivity index (χ1n) is 12.8. The van der Waals surface area contributed by atoms with E-state index in [9.17, 15) is 43.9 Å². The van der Waals surface area contributed by atoms with Crippen molar-refractivity contribution < 1.29 is 58.1 Å². The molecule has 1 saturated carbocycles. The molecule has 1 aliphatic rings. The molecule has 0 bridgehead atoms. The molecule has 0 N–H and O–H groups in total. The normalized spacial score (nSPS) is 18.2. The van der Waals surface area contributed by atoms with Crippen molar-refractivity contribution in [1.82, 2.24) is 0 Å². The van der Waals surface area contributed by atoms with Gasteiger partial charge in [0.25, 0.3) is 0 Å². The zero-order chi connectivity index (χ0) is 30.9. The Morgan fingerprint density at radius 1 is 0.690 bits per heavy atom. The fraction of sp³-hybridized carbons (Fsp3) is 0.379. The van der Waals surface area contributed by atoms with E-state index in [1.807, 2.05) is 0 Å². The molecule has 0 saturated heterocycles. The highest BCUT2D eigenvalue weighted by Crippen LogP contribution is 2.46. The number of hydrogen-bond acceptors (Lipinski definition) is 3. The minimum absolute atomic E-state index is 0.272. The first kappa shape index (κ1) is 31.5. The van der Waals surface area contributed by atoms with E-state index in [4.69, 9.17) is 4.74 Å². The van der Waals surface area contributed by atoms with Crippen molar-refractivity contribution in [3.05, 3.63) is 83.2 Å². The summed E-state index contributed by atoms with van der Waals surface area (Å²) in [6.45, 7) is 2.23. The van der Waals surface area contributed by atoms with Crippen LogP contribution in [0.25, 0.3) is 11.1 Å². The molecule has 3 nitrogen and oxygen atoms in total. The molecular formula is C29H24F10O3. The van der Waals surface area contributed by atoms with Crippen LogP contribution in [0.4, 0.5) is 43.9 Å². The quantitative estimate of drug-likeness (QED) is 0.226. The van der Waals surface area contributed by atoms with E-state index < -0.39 is 77.6 Å². The van der Waals surface area contributed by atoms with Gasteiger partial charge in [-0.15, -0.1) is 13.2 Å². The van der Waals surface area contributed by atoms with Crippen LogP contribution in [0.5, 0.6) is 11.5 Å². The van der Waals surface area contributed by atoms with Gasteiger partial charge in [-0.1, -0.05) is 18.2 Å². The molecule has 228 valence electrons. The second-order valence-electron chi connectivity index (χ2n) is 9.73. The van der Waals surface area contributed by atoms with E-state index in [0.717, 1.165) is 12.1 Å². The van der Waals surface area contributed by atoms with Gasteiger partial charge in [0.1, 0.15) is 29.0 Å². The summed E-state index contributed by atoms with van der Waals surface area (Å²) in [6, 6.07) is 10.2. The number of benzene rings is 3. The molecule has 3 aromatic carbocycles. The molecule has 3 aromatic rings. The Morgan fingerprint density at radius 2 is 1.26 bits per heavy atom. The van der Waals surface area contributed by atoms with Crippen LogP contribution < -0.4 is 9.47 Å². The molecular weight excluding hydrogens is 586 g/mol. The van der Waals surface area contributed by atoms with Crippen molar-refractivity contribution in [2.24, 2.45) is 5.92 Å². The van der Waals surface area contributed by atoms with Crippen LogP contribution >= 0.6 is 0 Å². The predicted octanol–water partition coefficient (Wildman–Crippen LogP) is 9.70. The van der Waals surface area contributed by atoms with E-state index in [-0.39, 0.29) is 18.4 Å². The molecule has 1 aliphatic carbocycles. The zero-order valence-corrected chi connectivity index (χ0v) is 21.9. The second kappa shape index (κ2) is 12.0. The fourth-order valence-corrected chi connectivity index (χ4v) is 5.01. The Bertz CT molecular complexity index is 1360. The standard InChI is InChI=1S/C29H24F10O3/c1-2-40-20-10-5-16(6-11-20)18-7-12-22(23(30)13-18)28(35,36)41-21-14-24(31)26(25(32)15-21)17-3-8-19(9-4-17)27(33,34)42-29(37,38)39/h5-7,10-15,17,19H,2-4,8-9H2,1H3. The molecule has 0 aliphatic heterocycles. The summed E-state index contributed by atoms with van der Waals surface area (Å²) in [6.07, 6.45) is -16.1. The van der Waals surface area contributed by atoms with Crippen molar-refractivity contribution in [3.8, 4) is 22.6 Å². The monoisotopic (exact) mass is 610 g/mol. The second-order valence-corrected chi connectivity index (χ2v) is 9.73. The third-order valence-electron chi connectivity index (χ3n) is 6.94. The maximum Gasteiger partial charge on any atom is 0.527 e. The highest BCUT2D eigenvalue weighted by Gasteiger charge is 2.51. The topological polar surface area (TPSA) is 27.7 Å². The Morgan fingerprint density at radius 3 is 1.79 bits per heavy atom. The first-order valence-corrected chi connectivity index (χ1v) is 12.8. The summed E-state index contributed by atoms with van der Waals surface area (Å²) in [4.78, 5) is 0. The highest BCUT2D eigenvalue weighted by atomic mass is 19.4. The van der Waals surface area contributed by atoms with Crippen molar-refractivity contribution in [1.29, 1.82) is 0 Å². The maximum atomic E-state index is 14.9. The Balaban J connectivity index is 1.46. The molecule has 4 rings (SSSR count). The van der Waals surface area contributed by atoms with Crippen LogP contribution in [0.2, 0.25) is 0 Å². The van der Waals surface area contributed by atoms with E-state index in [0.29, 0.717) is 30.1 Å². The summed E-state index contributed by atoms with van der Waals surface area (Å²) in [5, 5.41) is 0. The zero-order valence-electron chi connectivity index (χ0n) is 21.9. The predicted molar refractivity (Wildman–Crippen MR) is 131 cm³/mol. The van der Waals surface area contributed by atoms with E-state index in [1.54, 1.807) is 31.2 Å². The van der Waals surface area contributed by atoms with Gasteiger partial charge in [-0.3, -0.25) is 0 Å². The summed E-state index contributed by atoms with van der Waals surface area (Å²) >= 11 is 0. The lowest BCUT2D eigenvalue weighted by atomic mass is 9.78. The van der Waals surface area contributed by atoms with Crippen LogP contribution in [-0.2, 0) is 10.8 Å². The maximum absolute atomic E-state index is 14.9. The lowest BCUT2D eigenvalue weighted by molar-refractivity contribution is -0.438. The van der Waals surface area contributed by atoms with Gasteiger partial charge < -0.3 is 9.47 Å². The first-order chi connectivity index (χ1) is 19.6. The SMILES string of the molecule is CCOc1ccc(-c2ccc(C(F)(F)Oc3cc(F)c(C4CCC(C(F)(F)OC(F)(F)F)CC4)c(F)c3)c(F)c2)cc1. The van der Waals surface area contributed by atoms with E-state index in [1.165, 1.54) is 6.07 Å². The molecule has 0 aromatic heterocycles. The highest BCUT2D eigenvalue weighted by molar-refractivity contribution is 5.64. The third-order valence-corrected chi connectivity index (χ3v) is 6.94. The van der Waals surface area contributed by atoms with Crippen LogP contribution in [0.3, 0.4) is 0 Å². The summed E-state index contributed by atoms with van der Waals surface area (Å²) in [5.74, 6) is -7.24. The molecule has 0 atom stereocenters. The van der Waals surface area contributed by atoms with Crippen LogP contribution in [0.15, 0.2) is 54.6 Å². The van der Waals surface area contributed by atoms with E-state index >= 15 is 0 Å². The van der Waals surface area contributed by atoms with Gasteiger partial charge in [-0.2, -0.15) is 17.6 Å². The summed E-state index contributed by atoms with van der Waals surface area (Å²) in [5.41, 5.74) is -1.01. The Kier molecular flexibility index (Phi) is 9.00. The largest absolute Gasteiger partial charge is 0.527 e. The Hall–Kier alpha value is -3.48. The molecule has 1 fully saturated rings. The van der Waals surface area contributed by atoms with Crippen LogP contribution in [0.1, 0.15) is 49.7 Å². The van der Waals surface area contributed by atoms with Crippen LogP contribution in [-0.4, -0.2) is 19.1 Å². The molecule has 0 unspecified atom stereocenters. The summed E-state index contributed by atoms with van der Waals surface area (Å²) in [7, 11) is 0. The number of rotatable bonds is 9. The van der Waals surface area contributed by atoms with Gasteiger partial charge in [0.15, 0.2) is 0 Å². The number of hydrogen-bond donors (Lipinski definition) is 0. The van der Waals surface area contributed by atoms with Gasteiger partial charge in [-0.05, 0) is 73.9 Å². The van der Waals surface area contributed by atoms with Crippen molar-refractivity contribution >= 4 is 0 Å². The molecule has 13 heteroatoms. The minimum atomic E-state index is -5.57. The van der Waals surface area contributed by atoms with Gasteiger partial charge in [-0.25, -0.2) is 17.9 Å². The van der Waals surface area contributed by atoms with Crippen LogP contribution in [0, 0.1) is 23.4 Å². The van der Waals surface area contributed by atoms with Crippen molar-refractivity contribution in [2.75, 3.05) is 6.61 Å². The number of ether oxygens (including phenoxy) is 3. The molecule has 42 heavy (non-hydrogen) atoms. The Labute approximate surface area is 234 Å². The smallest absolute Gasteiger partial charge is 0.494 e. The van der Waals surface area contributed by atoms with Gasteiger partial charge >= 0.3 is 18.6 Å². The molecule has 0 radical (unpaired) electrons. The summed E-state index contributed by atoms with van der Waals surface area (Å²) < 4.78 is 151. The average Bonchev–Trinajstić information content (AvgIpc) is 2.87. The average molecular weight is 610 g/mol. The fourth-order valence-electron chi connectivity index (χ4n) is 5.01. The van der Waals surface area contributed by atoms with Gasteiger partial charge in [0, 0.05) is 17.7 Å².